The zero-order chi connectivity index (χ0) is 8.48. The van der Waals surface area contributed by atoms with Crippen molar-refractivity contribution in [3.63, 3.8) is 0 Å². The van der Waals surface area contributed by atoms with Crippen LogP contribution >= 0.6 is 0 Å². The first-order chi connectivity index (χ1) is 4.99. The Hall–Kier alpha value is -0.580. The number of nitrogens with one attached hydrogen (secondary N) is 1. The largest absolute Gasteiger partial charge is 0.388 e. The minimum Gasteiger partial charge on any atom is -0.388 e. The molecule has 1 aliphatic heterocycles. The molecule has 4 nitrogen and oxygen atoms in total. The highest BCUT2D eigenvalue weighted by Crippen LogP contribution is 2.20. The maximum Gasteiger partial charge on any atom is 0.150 e. The van der Waals surface area contributed by atoms with Crippen LogP contribution in [0.25, 0.3) is 0 Å². The van der Waals surface area contributed by atoms with Crippen LogP contribution in [0.5, 0.6) is 0 Å². The van der Waals surface area contributed by atoms with Crippen LogP contribution in [0.3, 0.4) is 0 Å². The fraction of sp³-hybridized carbons (Fsp3) is 0.833. The maximum absolute atomic E-state index is 10.9. The van der Waals surface area contributed by atoms with E-state index in [1.54, 1.807) is 0 Å². The predicted octanol–water partition coefficient (Wildman–Crippen LogP) is -0.253. The van der Waals surface area contributed by atoms with Gasteiger partial charge in [-0.05, 0) is 12.3 Å². The first kappa shape index (κ1) is 8.52. The third-order valence-corrected chi connectivity index (χ3v) is 3.67. The molecule has 1 aliphatic rings. The summed E-state index contributed by atoms with van der Waals surface area (Å²) in [5.41, 5.74) is 5.15. The van der Waals surface area contributed by atoms with Crippen LogP contribution in [0.15, 0.2) is 0 Å². The summed E-state index contributed by atoms with van der Waals surface area (Å²) in [5, 5.41) is 6.97. The molecule has 0 unspecified atom stereocenters. The minimum atomic E-state index is -2.79. The highest BCUT2D eigenvalue weighted by atomic mass is 32.2. The van der Waals surface area contributed by atoms with Crippen LogP contribution in [-0.4, -0.2) is 25.8 Å². The van der Waals surface area contributed by atoms with Gasteiger partial charge in [-0.3, -0.25) is 5.41 Å². The molecule has 1 heterocycles. The van der Waals surface area contributed by atoms with E-state index < -0.39 is 9.84 Å². The Morgan fingerprint density at radius 1 is 1.64 bits per heavy atom. The van der Waals surface area contributed by atoms with Crippen LogP contribution in [0.1, 0.15) is 12.8 Å². The van der Waals surface area contributed by atoms with Crippen molar-refractivity contribution in [1.29, 1.82) is 5.41 Å². The Morgan fingerprint density at radius 2 is 2.27 bits per heavy atom. The topological polar surface area (TPSA) is 84.0 Å². The molecule has 0 aromatic rings. The van der Waals surface area contributed by atoms with Crippen molar-refractivity contribution in [1.82, 2.24) is 0 Å². The number of rotatable bonds is 2. The molecular weight excluding hydrogens is 164 g/mol. The van der Waals surface area contributed by atoms with Crippen molar-refractivity contribution in [3.8, 4) is 0 Å². The monoisotopic (exact) mass is 176 g/mol. The summed E-state index contributed by atoms with van der Waals surface area (Å²) in [6.45, 7) is 0. The van der Waals surface area contributed by atoms with Gasteiger partial charge in [-0.15, -0.1) is 0 Å². The lowest BCUT2D eigenvalue weighted by Crippen LogP contribution is -2.16. The molecule has 0 bridgehead atoms. The van der Waals surface area contributed by atoms with Crippen molar-refractivity contribution in [2.75, 3.05) is 11.5 Å². The van der Waals surface area contributed by atoms with Gasteiger partial charge >= 0.3 is 0 Å². The van der Waals surface area contributed by atoms with E-state index >= 15 is 0 Å². The smallest absolute Gasteiger partial charge is 0.150 e. The molecule has 0 aromatic carbocycles. The SMILES string of the molecule is N=C(N)C[C@H]1CCS(=O)(=O)C1. The Balaban J connectivity index is 2.49. The van der Waals surface area contributed by atoms with Crippen LogP contribution in [0, 0.1) is 11.3 Å². The summed E-state index contributed by atoms with van der Waals surface area (Å²) < 4.78 is 21.8. The van der Waals surface area contributed by atoms with Gasteiger partial charge in [0.05, 0.1) is 17.3 Å². The Kier molecular flexibility index (Phi) is 2.17. The van der Waals surface area contributed by atoms with Gasteiger partial charge in [0, 0.05) is 6.42 Å². The van der Waals surface area contributed by atoms with Crippen molar-refractivity contribution in [2.24, 2.45) is 11.7 Å². The molecule has 5 heteroatoms. The Labute approximate surface area is 66.2 Å². The van der Waals surface area contributed by atoms with Gasteiger partial charge in [-0.25, -0.2) is 8.42 Å². The minimum absolute atomic E-state index is 0.0899. The fourth-order valence-corrected chi connectivity index (χ4v) is 3.21. The van der Waals surface area contributed by atoms with Gasteiger partial charge in [0.2, 0.25) is 0 Å². The van der Waals surface area contributed by atoms with Gasteiger partial charge in [-0.2, -0.15) is 0 Å². The third kappa shape index (κ3) is 2.49. The molecule has 0 amide bonds. The lowest BCUT2D eigenvalue weighted by atomic mass is 10.1. The number of amidine groups is 1. The second-order valence-electron chi connectivity index (χ2n) is 3.00. The van der Waals surface area contributed by atoms with Gasteiger partial charge < -0.3 is 5.73 Å². The van der Waals surface area contributed by atoms with E-state index in [1.807, 2.05) is 0 Å². The molecule has 1 fully saturated rings. The lowest BCUT2D eigenvalue weighted by molar-refractivity contribution is 0.594. The van der Waals surface area contributed by atoms with E-state index in [-0.39, 0.29) is 23.3 Å². The van der Waals surface area contributed by atoms with Gasteiger partial charge in [0.25, 0.3) is 0 Å². The van der Waals surface area contributed by atoms with E-state index in [9.17, 15) is 8.42 Å². The Morgan fingerprint density at radius 3 is 2.64 bits per heavy atom. The second-order valence-corrected chi connectivity index (χ2v) is 5.23. The van der Waals surface area contributed by atoms with Crippen molar-refractivity contribution < 1.29 is 8.42 Å². The standard InChI is InChI=1S/C6H12N2O2S/c7-6(8)3-5-1-2-11(9,10)4-5/h5H,1-4H2,(H3,7,8)/t5-/m1/s1. The van der Waals surface area contributed by atoms with Crippen LogP contribution < -0.4 is 5.73 Å². The van der Waals surface area contributed by atoms with Crippen molar-refractivity contribution in [3.05, 3.63) is 0 Å². The third-order valence-electron chi connectivity index (χ3n) is 1.84. The van der Waals surface area contributed by atoms with E-state index in [2.05, 4.69) is 0 Å². The molecule has 0 aromatic heterocycles. The summed E-state index contributed by atoms with van der Waals surface area (Å²) >= 11 is 0. The normalized spacial score (nSPS) is 28.5. The number of hydrogen-bond donors (Lipinski definition) is 2. The molecule has 64 valence electrons. The molecular formula is C6H12N2O2S. The average Bonchev–Trinajstić information content (AvgIpc) is 2.08. The first-order valence-corrected chi connectivity index (χ1v) is 5.35. The van der Waals surface area contributed by atoms with Gasteiger partial charge in [-0.1, -0.05) is 0 Å². The molecule has 0 spiro atoms. The zero-order valence-electron chi connectivity index (χ0n) is 6.21. The van der Waals surface area contributed by atoms with Crippen LogP contribution in [0.2, 0.25) is 0 Å². The van der Waals surface area contributed by atoms with E-state index in [0.29, 0.717) is 12.8 Å². The van der Waals surface area contributed by atoms with Gasteiger partial charge in [0.1, 0.15) is 0 Å². The van der Waals surface area contributed by atoms with Crippen molar-refractivity contribution >= 4 is 15.7 Å². The molecule has 0 radical (unpaired) electrons. The summed E-state index contributed by atoms with van der Waals surface area (Å²) in [4.78, 5) is 0. The van der Waals surface area contributed by atoms with Crippen LogP contribution in [-0.2, 0) is 9.84 Å². The summed E-state index contributed by atoms with van der Waals surface area (Å²) in [5.74, 6) is 0.668. The van der Waals surface area contributed by atoms with E-state index in [1.165, 1.54) is 0 Å². The van der Waals surface area contributed by atoms with E-state index in [4.69, 9.17) is 11.1 Å². The number of hydrogen-bond acceptors (Lipinski definition) is 3. The van der Waals surface area contributed by atoms with E-state index in [0.717, 1.165) is 0 Å². The maximum atomic E-state index is 10.9. The predicted molar refractivity (Wildman–Crippen MR) is 43.3 cm³/mol. The zero-order valence-corrected chi connectivity index (χ0v) is 7.02. The average molecular weight is 176 g/mol. The molecule has 1 atom stereocenters. The first-order valence-electron chi connectivity index (χ1n) is 3.53. The fourth-order valence-electron chi connectivity index (χ4n) is 1.34. The highest BCUT2D eigenvalue weighted by Gasteiger charge is 2.27. The summed E-state index contributed by atoms with van der Waals surface area (Å²) in [6, 6.07) is 0. The van der Waals surface area contributed by atoms with Gasteiger partial charge in [0.15, 0.2) is 9.84 Å². The number of sulfone groups is 1. The lowest BCUT2D eigenvalue weighted by Gasteiger charge is -2.03. The Bertz CT molecular complexity index is 258. The molecule has 1 rings (SSSR count). The molecule has 3 N–H and O–H groups in total. The molecule has 0 saturated carbocycles. The molecule has 1 saturated heterocycles. The molecule has 0 aliphatic carbocycles. The quantitative estimate of drug-likeness (QED) is 0.449. The summed E-state index contributed by atoms with van der Waals surface area (Å²) in [6.07, 6.45) is 1.10. The second kappa shape index (κ2) is 2.81. The van der Waals surface area contributed by atoms with Crippen molar-refractivity contribution in [2.45, 2.75) is 12.8 Å². The number of nitrogens with two attached hydrogens (primary N) is 1. The highest BCUT2D eigenvalue weighted by molar-refractivity contribution is 7.91. The van der Waals surface area contributed by atoms with Crippen LogP contribution in [0.4, 0.5) is 0 Å². The molecule has 11 heavy (non-hydrogen) atoms. The summed E-state index contributed by atoms with van der Waals surface area (Å²) in [7, 11) is -2.79.